The van der Waals surface area contributed by atoms with Crippen LogP contribution in [0.2, 0.25) is 0 Å². The Hall–Kier alpha value is -0.550. The highest BCUT2D eigenvalue weighted by Gasteiger charge is 2.30. The summed E-state index contributed by atoms with van der Waals surface area (Å²) in [6.07, 6.45) is 1.00. The second-order valence-corrected chi connectivity index (χ2v) is 2.12. The van der Waals surface area contributed by atoms with E-state index in [9.17, 15) is 0 Å². The average Bonchev–Trinajstić information content (AvgIpc) is 1.61. The molecule has 1 unspecified atom stereocenters. The molecule has 1 aliphatic heterocycles. The molecule has 1 N–H and O–H groups in total. The first-order chi connectivity index (χ1) is 3.27. The van der Waals surface area contributed by atoms with Gasteiger partial charge in [0.05, 0.1) is 6.07 Å². The summed E-state index contributed by atoms with van der Waals surface area (Å²) in [5, 5.41) is 11.3. The largest absolute Gasteiger partial charge is 0.299 e. The lowest BCUT2D eigenvalue weighted by Crippen LogP contribution is -2.53. The fourth-order valence-electron chi connectivity index (χ4n) is 0.595. The fraction of sp³-hybridized carbons (Fsp3) is 0.800. The van der Waals surface area contributed by atoms with E-state index in [1.54, 1.807) is 0 Å². The highest BCUT2D eigenvalue weighted by Crippen LogP contribution is 2.14. The van der Waals surface area contributed by atoms with Gasteiger partial charge in [0.1, 0.15) is 5.54 Å². The van der Waals surface area contributed by atoms with Gasteiger partial charge < -0.3 is 0 Å². The molecule has 0 aliphatic carbocycles. The van der Waals surface area contributed by atoms with Crippen molar-refractivity contribution in [2.45, 2.75) is 18.9 Å². The van der Waals surface area contributed by atoms with Gasteiger partial charge in [-0.1, -0.05) is 0 Å². The van der Waals surface area contributed by atoms with Gasteiger partial charge in [0.15, 0.2) is 0 Å². The Labute approximate surface area is 43.1 Å². The van der Waals surface area contributed by atoms with Crippen molar-refractivity contribution in [3.8, 4) is 6.07 Å². The van der Waals surface area contributed by atoms with Crippen LogP contribution in [0, 0.1) is 11.3 Å². The maximum Gasteiger partial charge on any atom is 0.105 e. The lowest BCUT2D eigenvalue weighted by atomic mass is 9.93. The third-order valence-corrected chi connectivity index (χ3v) is 1.39. The molecule has 0 bridgehead atoms. The van der Waals surface area contributed by atoms with Crippen LogP contribution in [0.4, 0.5) is 0 Å². The monoisotopic (exact) mass is 96.1 g/mol. The Kier molecular flexibility index (Phi) is 0.795. The zero-order chi connectivity index (χ0) is 5.33. The van der Waals surface area contributed by atoms with Crippen LogP contribution in [0.15, 0.2) is 0 Å². The van der Waals surface area contributed by atoms with Crippen molar-refractivity contribution in [3.63, 3.8) is 0 Å². The predicted octanol–water partition coefficient (Wildman–Crippen LogP) is 0.262. The predicted molar refractivity (Wildman–Crippen MR) is 26.6 cm³/mol. The lowest BCUT2D eigenvalue weighted by Gasteiger charge is -2.32. The standard InChI is InChI=1S/C5H8N2/c1-5(4-6)2-3-7-5/h7H,2-3H2,1H3. The first-order valence-electron chi connectivity index (χ1n) is 2.43. The van der Waals surface area contributed by atoms with Gasteiger partial charge in [-0.15, -0.1) is 0 Å². The molecular formula is C5H8N2. The number of rotatable bonds is 0. The van der Waals surface area contributed by atoms with Crippen LogP contribution < -0.4 is 5.32 Å². The summed E-state index contributed by atoms with van der Waals surface area (Å²) < 4.78 is 0. The van der Waals surface area contributed by atoms with Crippen LogP contribution in [0.5, 0.6) is 0 Å². The molecule has 2 heteroatoms. The lowest BCUT2D eigenvalue weighted by molar-refractivity contribution is 0.309. The number of hydrogen-bond donors (Lipinski definition) is 1. The fourth-order valence-corrected chi connectivity index (χ4v) is 0.595. The minimum absolute atomic E-state index is 0.181. The van der Waals surface area contributed by atoms with E-state index in [1.807, 2.05) is 6.92 Å². The van der Waals surface area contributed by atoms with Crippen molar-refractivity contribution in [3.05, 3.63) is 0 Å². The second-order valence-electron chi connectivity index (χ2n) is 2.12. The number of nitrogens with zero attached hydrogens (tertiary/aromatic N) is 1. The molecule has 7 heavy (non-hydrogen) atoms. The molecule has 1 atom stereocenters. The van der Waals surface area contributed by atoms with Crippen molar-refractivity contribution in [2.75, 3.05) is 6.54 Å². The topological polar surface area (TPSA) is 35.8 Å². The Morgan fingerprint density at radius 2 is 2.43 bits per heavy atom. The van der Waals surface area contributed by atoms with Gasteiger partial charge in [-0.2, -0.15) is 5.26 Å². The molecule has 0 aromatic rings. The second kappa shape index (κ2) is 1.21. The molecule has 38 valence electrons. The molecule has 1 rings (SSSR count). The molecule has 0 saturated carbocycles. The van der Waals surface area contributed by atoms with Crippen molar-refractivity contribution >= 4 is 0 Å². The number of nitrogens with one attached hydrogen (secondary N) is 1. The summed E-state index contributed by atoms with van der Waals surface area (Å²) in [4.78, 5) is 0. The van der Waals surface area contributed by atoms with E-state index in [-0.39, 0.29) is 5.54 Å². The van der Waals surface area contributed by atoms with Gasteiger partial charge >= 0.3 is 0 Å². The summed E-state index contributed by atoms with van der Waals surface area (Å²) in [7, 11) is 0. The SMILES string of the molecule is CC1(C#N)CCN1. The van der Waals surface area contributed by atoms with Crippen molar-refractivity contribution in [1.29, 1.82) is 5.26 Å². The van der Waals surface area contributed by atoms with Crippen molar-refractivity contribution in [2.24, 2.45) is 0 Å². The molecule has 0 spiro atoms. The molecule has 0 amide bonds. The highest BCUT2D eigenvalue weighted by atomic mass is 15.0. The highest BCUT2D eigenvalue weighted by molar-refractivity contribution is 5.09. The molecule has 1 saturated heterocycles. The third kappa shape index (κ3) is 0.594. The number of nitriles is 1. The van der Waals surface area contributed by atoms with Crippen LogP contribution in [0.3, 0.4) is 0 Å². The van der Waals surface area contributed by atoms with Crippen molar-refractivity contribution in [1.82, 2.24) is 5.32 Å². The molecular weight excluding hydrogens is 88.1 g/mol. The summed E-state index contributed by atoms with van der Waals surface area (Å²) >= 11 is 0. The van der Waals surface area contributed by atoms with Gasteiger partial charge in [0.25, 0.3) is 0 Å². The van der Waals surface area contributed by atoms with Crippen LogP contribution in [-0.2, 0) is 0 Å². The maximum absolute atomic E-state index is 8.33. The van der Waals surface area contributed by atoms with E-state index in [2.05, 4.69) is 11.4 Å². The zero-order valence-electron chi connectivity index (χ0n) is 4.36. The van der Waals surface area contributed by atoms with Gasteiger partial charge in [0, 0.05) is 0 Å². The molecule has 2 nitrogen and oxygen atoms in total. The smallest absolute Gasteiger partial charge is 0.105 e. The molecule has 1 fully saturated rings. The molecule has 0 radical (unpaired) electrons. The zero-order valence-corrected chi connectivity index (χ0v) is 4.36. The van der Waals surface area contributed by atoms with Gasteiger partial charge in [-0.3, -0.25) is 5.32 Å². The average molecular weight is 96.1 g/mol. The summed E-state index contributed by atoms with van der Waals surface area (Å²) in [5.74, 6) is 0. The van der Waals surface area contributed by atoms with E-state index in [0.717, 1.165) is 13.0 Å². The minimum Gasteiger partial charge on any atom is -0.299 e. The quantitative estimate of drug-likeness (QED) is 0.469. The molecule has 0 aromatic carbocycles. The normalized spacial score (nSPS) is 38.9. The Morgan fingerprint density at radius 1 is 1.86 bits per heavy atom. The first kappa shape index (κ1) is 4.61. The van der Waals surface area contributed by atoms with Crippen molar-refractivity contribution < 1.29 is 0 Å². The summed E-state index contributed by atoms with van der Waals surface area (Å²) in [6.45, 7) is 2.92. The van der Waals surface area contributed by atoms with E-state index >= 15 is 0 Å². The number of hydrogen-bond acceptors (Lipinski definition) is 2. The van der Waals surface area contributed by atoms with E-state index in [4.69, 9.17) is 5.26 Å². The third-order valence-electron chi connectivity index (χ3n) is 1.39. The Balaban J connectivity index is 2.48. The van der Waals surface area contributed by atoms with Gasteiger partial charge in [-0.05, 0) is 19.9 Å². The van der Waals surface area contributed by atoms with Crippen LogP contribution in [0.1, 0.15) is 13.3 Å². The van der Waals surface area contributed by atoms with E-state index < -0.39 is 0 Å². The van der Waals surface area contributed by atoms with Gasteiger partial charge in [0.2, 0.25) is 0 Å². The first-order valence-corrected chi connectivity index (χ1v) is 2.43. The summed E-state index contributed by atoms with van der Waals surface area (Å²) in [5.41, 5.74) is -0.181. The minimum atomic E-state index is -0.181. The van der Waals surface area contributed by atoms with Crippen LogP contribution in [0.25, 0.3) is 0 Å². The van der Waals surface area contributed by atoms with E-state index in [1.165, 1.54) is 0 Å². The Bertz CT molecular complexity index is 108. The maximum atomic E-state index is 8.33. The molecule has 1 aliphatic rings. The molecule has 0 aromatic heterocycles. The summed E-state index contributed by atoms with van der Waals surface area (Å²) in [6, 6.07) is 2.17. The van der Waals surface area contributed by atoms with Crippen LogP contribution in [-0.4, -0.2) is 12.1 Å². The van der Waals surface area contributed by atoms with Gasteiger partial charge in [-0.25, -0.2) is 0 Å². The Morgan fingerprint density at radius 3 is 2.43 bits per heavy atom. The van der Waals surface area contributed by atoms with E-state index in [0.29, 0.717) is 0 Å². The molecule has 1 heterocycles. The van der Waals surface area contributed by atoms with Crippen LogP contribution >= 0.6 is 0 Å².